The molecule has 0 N–H and O–H groups in total. The fourth-order valence-corrected chi connectivity index (χ4v) is 4.55. The van der Waals surface area contributed by atoms with E-state index in [9.17, 15) is 8.42 Å². The van der Waals surface area contributed by atoms with Gasteiger partial charge in [-0.3, -0.25) is 4.68 Å². The highest BCUT2D eigenvalue weighted by molar-refractivity contribution is 7.89. The Kier molecular flexibility index (Phi) is 4.29. The molecule has 0 unspecified atom stereocenters. The van der Waals surface area contributed by atoms with Crippen molar-refractivity contribution in [3.63, 3.8) is 0 Å². The summed E-state index contributed by atoms with van der Waals surface area (Å²) >= 11 is 7.11. The lowest BCUT2D eigenvalue weighted by molar-refractivity contribution is 0.466. The maximum Gasteiger partial charge on any atom is 0.244 e. The van der Waals surface area contributed by atoms with Gasteiger partial charge in [0, 0.05) is 37.3 Å². The maximum absolute atomic E-state index is 12.4. The Morgan fingerprint density at radius 3 is 2.84 bits per heavy atom. The summed E-state index contributed by atoms with van der Waals surface area (Å²) in [6.07, 6.45) is 3.45. The Bertz CT molecular complexity index is 663. The first-order valence-electron chi connectivity index (χ1n) is 5.51. The van der Waals surface area contributed by atoms with Crippen molar-refractivity contribution in [3.05, 3.63) is 34.3 Å². The second kappa shape index (κ2) is 5.62. The summed E-state index contributed by atoms with van der Waals surface area (Å²) in [7, 11) is -0.157. The van der Waals surface area contributed by atoms with Crippen LogP contribution in [0.2, 0.25) is 0 Å². The number of aryl methyl sites for hydroxylation is 1. The third kappa shape index (κ3) is 3.00. The number of alkyl halides is 1. The standard InChI is InChI=1S/C11H14ClN3O2S2/c1-14-7-9(6-13-14)8-15(2)19(16,17)11-3-4-18-10(11)5-12/h3-4,6-7H,5,8H2,1-2H3. The molecular formula is C11H14ClN3O2S2. The minimum atomic E-state index is -3.51. The quantitative estimate of drug-likeness (QED) is 0.792. The first-order valence-corrected chi connectivity index (χ1v) is 8.36. The van der Waals surface area contributed by atoms with Gasteiger partial charge in [-0.15, -0.1) is 22.9 Å². The molecule has 2 aromatic rings. The van der Waals surface area contributed by atoms with Gasteiger partial charge in [0.2, 0.25) is 10.0 Å². The van der Waals surface area contributed by atoms with Crippen molar-refractivity contribution in [2.24, 2.45) is 7.05 Å². The molecule has 0 radical (unpaired) electrons. The molecule has 0 aliphatic carbocycles. The highest BCUT2D eigenvalue weighted by Crippen LogP contribution is 2.26. The lowest BCUT2D eigenvalue weighted by Crippen LogP contribution is -2.26. The van der Waals surface area contributed by atoms with Crippen LogP contribution in [0.3, 0.4) is 0 Å². The Morgan fingerprint density at radius 2 is 2.26 bits per heavy atom. The van der Waals surface area contributed by atoms with Crippen molar-refractivity contribution in [3.8, 4) is 0 Å². The molecule has 0 bridgehead atoms. The highest BCUT2D eigenvalue weighted by Gasteiger charge is 2.24. The van der Waals surface area contributed by atoms with Crippen molar-refractivity contribution >= 4 is 33.0 Å². The second-order valence-corrected chi connectivity index (χ2v) is 7.41. The van der Waals surface area contributed by atoms with Crippen molar-refractivity contribution in [1.29, 1.82) is 0 Å². The molecule has 8 heteroatoms. The number of hydrogen-bond acceptors (Lipinski definition) is 4. The Morgan fingerprint density at radius 1 is 1.53 bits per heavy atom. The SMILES string of the molecule is CN(Cc1cnn(C)c1)S(=O)(=O)c1ccsc1CCl. The lowest BCUT2D eigenvalue weighted by atomic mass is 10.4. The minimum absolute atomic E-state index is 0.201. The van der Waals surface area contributed by atoms with Crippen molar-refractivity contribution < 1.29 is 8.42 Å². The van der Waals surface area contributed by atoms with Crippen LogP contribution in [0.15, 0.2) is 28.7 Å². The van der Waals surface area contributed by atoms with Gasteiger partial charge >= 0.3 is 0 Å². The predicted octanol–water partition coefficient (Wildman–Crippen LogP) is 2.04. The summed E-state index contributed by atoms with van der Waals surface area (Å²) < 4.78 is 27.8. The van der Waals surface area contributed by atoms with Crippen molar-refractivity contribution in [1.82, 2.24) is 14.1 Å². The maximum atomic E-state index is 12.4. The van der Waals surface area contributed by atoms with Crippen LogP contribution in [0.4, 0.5) is 0 Å². The molecule has 0 saturated carbocycles. The zero-order valence-corrected chi connectivity index (χ0v) is 13.0. The van der Waals surface area contributed by atoms with Gasteiger partial charge in [-0.2, -0.15) is 9.40 Å². The number of hydrogen-bond donors (Lipinski definition) is 0. The van der Waals surface area contributed by atoms with Gasteiger partial charge in [0.05, 0.1) is 17.0 Å². The van der Waals surface area contributed by atoms with Crippen LogP contribution in [0.25, 0.3) is 0 Å². The largest absolute Gasteiger partial charge is 0.275 e. The number of halogens is 1. The summed E-state index contributed by atoms with van der Waals surface area (Å²) in [5.41, 5.74) is 0.844. The van der Waals surface area contributed by atoms with E-state index in [1.165, 1.54) is 15.6 Å². The van der Waals surface area contributed by atoms with Gasteiger partial charge in [-0.25, -0.2) is 8.42 Å². The topological polar surface area (TPSA) is 55.2 Å². The van der Waals surface area contributed by atoms with Crippen LogP contribution < -0.4 is 0 Å². The number of aromatic nitrogens is 2. The number of rotatable bonds is 5. The van der Waals surface area contributed by atoms with E-state index < -0.39 is 10.0 Å². The molecule has 2 aromatic heterocycles. The van der Waals surface area contributed by atoms with E-state index in [1.54, 1.807) is 42.6 Å². The summed E-state index contributed by atoms with van der Waals surface area (Å²) in [5, 5.41) is 5.76. The average molecular weight is 320 g/mol. The van der Waals surface area contributed by atoms with E-state index in [2.05, 4.69) is 5.10 Å². The highest BCUT2D eigenvalue weighted by atomic mass is 35.5. The molecule has 0 atom stereocenters. The second-order valence-electron chi connectivity index (χ2n) is 4.12. The van der Waals surface area contributed by atoms with Crippen molar-refractivity contribution in [2.45, 2.75) is 17.3 Å². The molecular weight excluding hydrogens is 306 g/mol. The molecule has 0 amide bonds. The fourth-order valence-electron chi connectivity index (χ4n) is 1.72. The van der Waals surface area contributed by atoms with Crippen molar-refractivity contribution in [2.75, 3.05) is 7.05 Å². The van der Waals surface area contributed by atoms with Gasteiger partial charge in [0.1, 0.15) is 0 Å². The normalized spacial score (nSPS) is 12.2. The van der Waals surface area contributed by atoms with E-state index in [4.69, 9.17) is 11.6 Å². The van der Waals surface area contributed by atoms with Crippen LogP contribution in [-0.2, 0) is 29.5 Å². The molecule has 0 aliphatic heterocycles. The predicted molar refractivity (Wildman–Crippen MR) is 75.7 cm³/mol. The Labute approximate surface area is 121 Å². The third-order valence-corrected chi connectivity index (χ3v) is 6.04. The first kappa shape index (κ1) is 14.5. The third-order valence-electron chi connectivity index (χ3n) is 2.68. The molecule has 0 spiro atoms. The molecule has 19 heavy (non-hydrogen) atoms. The Balaban J connectivity index is 2.24. The number of nitrogens with zero attached hydrogens (tertiary/aromatic N) is 3. The van der Waals surface area contributed by atoms with Crippen LogP contribution >= 0.6 is 22.9 Å². The van der Waals surface area contributed by atoms with E-state index in [1.807, 2.05) is 0 Å². The fraction of sp³-hybridized carbons (Fsp3) is 0.364. The molecule has 0 saturated heterocycles. The summed E-state index contributed by atoms with van der Waals surface area (Å²) in [6, 6.07) is 1.59. The minimum Gasteiger partial charge on any atom is -0.275 e. The summed E-state index contributed by atoms with van der Waals surface area (Å²) in [4.78, 5) is 0.957. The van der Waals surface area contributed by atoms with Gasteiger partial charge in [0.25, 0.3) is 0 Å². The smallest absolute Gasteiger partial charge is 0.244 e. The number of sulfonamides is 1. The van der Waals surface area contributed by atoms with Crippen LogP contribution in [0.1, 0.15) is 10.4 Å². The van der Waals surface area contributed by atoms with Crippen LogP contribution in [0, 0.1) is 0 Å². The van der Waals surface area contributed by atoms with Gasteiger partial charge in [-0.1, -0.05) is 0 Å². The molecule has 0 aliphatic rings. The summed E-state index contributed by atoms with van der Waals surface area (Å²) in [6.45, 7) is 0.285. The van der Waals surface area contributed by atoms with Crippen LogP contribution in [0.5, 0.6) is 0 Å². The average Bonchev–Trinajstić information content (AvgIpc) is 2.97. The monoisotopic (exact) mass is 319 g/mol. The van der Waals surface area contributed by atoms with E-state index in [0.29, 0.717) is 9.77 Å². The summed E-state index contributed by atoms with van der Waals surface area (Å²) in [5.74, 6) is 0.201. The van der Waals surface area contributed by atoms with Crippen LogP contribution in [-0.4, -0.2) is 29.6 Å². The molecule has 0 fully saturated rings. The van der Waals surface area contributed by atoms with E-state index in [-0.39, 0.29) is 12.4 Å². The van der Waals surface area contributed by atoms with Gasteiger partial charge in [-0.05, 0) is 11.4 Å². The zero-order chi connectivity index (χ0) is 14.0. The lowest BCUT2D eigenvalue weighted by Gasteiger charge is -2.16. The van der Waals surface area contributed by atoms with E-state index >= 15 is 0 Å². The van der Waals surface area contributed by atoms with Gasteiger partial charge in [0.15, 0.2) is 0 Å². The zero-order valence-electron chi connectivity index (χ0n) is 10.6. The van der Waals surface area contributed by atoms with Gasteiger partial charge < -0.3 is 0 Å². The Hall–Kier alpha value is -0.890. The molecule has 5 nitrogen and oxygen atoms in total. The molecule has 2 rings (SSSR count). The number of thiophene rings is 1. The molecule has 2 heterocycles. The molecule has 0 aromatic carbocycles. The molecule has 104 valence electrons. The van der Waals surface area contributed by atoms with E-state index in [0.717, 1.165) is 5.56 Å². The first-order chi connectivity index (χ1) is 8.95.